The first kappa shape index (κ1) is 16.1. The van der Waals surface area contributed by atoms with Crippen LogP contribution in [0.15, 0.2) is 0 Å². The highest BCUT2D eigenvalue weighted by molar-refractivity contribution is 5.52. The molecule has 0 aliphatic carbocycles. The normalized spacial score (nSPS) is 13.8. The fourth-order valence-electron chi connectivity index (χ4n) is 1.11. The van der Waals surface area contributed by atoms with E-state index >= 15 is 0 Å². The second kappa shape index (κ2) is 12.6. The zero-order valence-corrected chi connectivity index (χ0v) is 10.1. The molecule has 0 aromatic rings. The van der Waals surface area contributed by atoms with Gasteiger partial charge in [-0.3, -0.25) is 0 Å². The Bertz CT molecular complexity index is 113. The molecule has 0 radical (unpaired) electrons. The van der Waals surface area contributed by atoms with Crippen molar-refractivity contribution in [2.24, 2.45) is 11.8 Å². The molecular weight excluding hydrogens is 176 g/mol. The minimum absolute atomic E-state index is 0.269. The Morgan fingerprint density at radius 1 is 1.14 bits per heavy atom. The van der Waals surface area contributed by atoms with Gasteiger partial charge >= 0.3 is 0 Å². The van der Waals surface area contributed by atoms with E-state index in [-0.39, 0.29) is 5.92 Å². The van der Waals surface area contributed by atoms with Crippen molar-refractivity contribution in [3.8, 4) is 0 Å². The SMILES string of the molecule is CCC[C@@H](C)C=O.CCC[C@@H](C)CO. The van der Waals surface area contributed by atoms with Crippen LogP contribution in [0.25, 0.3) is 0 Å². The Kier molecular flexibility index (Phi) is 14.5. The van der Waals surface area contributed by atoms with Crippen LogP contribution in [-0.2, 0) is 4.79 Å². The van der Waals surface area contributed by atoms with Crippen molar-refractivity contribution < 1.29 is 9.90 Å². The van der Waals surface area contributed by atoms with Crippen LogP contribution in [0.2, 0.25) is 0 Å². The highest BCUT2D eigenvalue weighted by Crippen LogP contribution is 2.01. The lowest BCUT2D eigenvalue weighted by Crippen LogP contribution is -1.98. The van der Waals surface area contributed by atoms with Gasteiger partial charge in [-0.2, -0.15) is 0 Å². The summed E-state index contributed by atoms with van der Waals surface area (Å²) in [5.41, 5.74) is 0. The van der Waals surface area contributed by atoms with Gasteiger partial charge in [0, 0.05) is 12.5 Å². The van der Waals surface area contributed by atoms with Crippen molar-refractivity contribution in [3.63, 3.8) is 0 Å². The number of carbonyl (C=O) groups excluding carboxylic acids is 1. The van der Waals surface area contributed by atoms with E-state index in [4.69, 9.17) is 5.11 Å². The number of hydrogen-bond acceptors (Lipinski definition) is 2. The number of aliphatic hydroxyl groups is 1. The molecular formula is C12H26O2. The molecule has 0 aromatic heterocycles. The molecule has 0 bridgehead atoms. The first-order valence-electron chi connectivity index (χ1n) is 5.68. The summed E-state index contributed by atoms with van der Waals surface area (Å²) in [6, 6.07) is 0. The van der Waals surface area contributed by atoms with Crippen molar-refractivity contribution in [2.45, 2.75) is 53.4 Å². The standard InChI is InChI=1S/C6H14O.C6H12O/c2*1-3-4-6(2)5-7/h6-7H,3-5H2,1-2H3;5-6H,3-4H2,1-2H3/t2*6-/m11/s1. The number of aldehydes is 1. The maximum Gasteiger partial charge on any atom is 0.122 e. The predicted molar refractivity (Wildman–Crippen MR) is 61.3 cm³/mol. The number of carbonyl (C=O) groups is 1. The van der Waals surface area contributed by atoms with Gasteiger partial charge in [0.1, 0.15) is 6.29 Å². The van der Waals surface area contributed by atoms with Gasteiger partial charge in [-0.05, 0) is 18.8 Å². The second-order valence-electron chi connectivity index (χ2n) is 3.98. The lowest BCUT2D eigenvalue weighted by molar-refractivity contribution is -0.110. The molecule has 86 valence electrons. The highest BCUT2D eigenvalue weighted by atomic mass is 16.3. The Morgan fingerprint density at radius 2 is 1.64 bits per heavy atom. The molecule has 0 unspecified atom stereocenters. The van der Waals surface area contributed by atoms with Crippen LogP contribution in [0.4, 0.5) is 0 Å². The van der Waals surface area contributed by atoms with Crippen LogP contribution < -0.4 is 0 Å². The Balaban J connectivity index is 0. The quantitative estimate of drug-likeness (QED) is 0.672. The van der Waals surface area contributed by atoms with Gasteiger partial charge in [-0.1, -0.05) is 40.5 Å². The fourth-order valence-corrected chi connectivity index (χ4v) is 1.11. The molecule has 0 saturated carbocycles. The number of hydrogen-bond donors (Lipinski definition) is 1. The molecule has 0 aliphatic heterocycles. The van der Waals surface area contributed by atoms with Crippen LogP contribution in [0.5, 0.6) is 0 Å². The maximum absolute atomic E-state index is 9.89. The van der Waals surface area contributed by atoms with Crippen molar-refractivity contribution in [3.05, 3.63) is 0 Å². The van der Waals surface area contributed by atoms with E-state index in [0.29, 0.717) is 12.5 Å². The van der Waals surface area contributed by atoms with Gasteiger partial charge in [-0.25, -0.2) is 0 Å². The molecule has 0 spiro atoms. The molecule has 2 heteroatoms. The fraction of sp³-hybridized carbons (Fsp3) is 0.917. The van der Waals surface area contributed by atoms with Crippen LogP contribution in [0.3, 0.4) is 0 Å². The summed E-state index contributed by atoms with van der Waals surface area (Å²) in [7, 11) is 0. The topological polar surface area (TPSA) is 37.3 Å². The number of rotatable bonds is 6. The van der Waals surface area contributed by atoms with E-state index in [1.54, 1.807) is 0 Å². The third-order valence-corrected chi connectivity index (χ3v) is 2.07. The summed E-state index contributed by atoms with van der Waals surface area (Å²) < 4.78 is 0. The lowest BCUT2D eigenvalue weighted by atomic mass is 10.1. The van der Waals surface area contributed by atoms with Gasteiger partial charge in [0.2, 0.25) is 0 Å². The first-order chi connectivity index (χ1) is 6.62. The van der Waals surface area contributed by atoms with Crippen LogP contribution >= 0.6 is 0 Å². The van der Waals surface area contributed by atoms with Gasteiger partial charge < -0.3 is 9.90 Å². The molecule has 0 rings (SSSR count). The van der Waals surface area contributed by atoms with Gasteiger partial charge in [-0.15, -0.1) is 0 Å². The van der Waals surface area contributed by atoms with Gasteiger partial charge in [0.25, 0.3) is 0 Å². The predicted octanol–water partition coefficient (Wildman–Crippen LogP) is 3.04. The minimum Gasteiger partial charge on any atom is -0.396 e. The van der Waals surface area contributed by atoms with E-state index in [1.165, 1.54) is 6.42 Å². The van der Waals surface area contributed by atoms with Gasteiger partial charge in [0.05, 0.1) is 0 Å². The van der Waals surface area contributed by atoms with Crippen molar-refractivity contribution in [2.75, 3.05) is 6.61 Å². The molecule has 0 aromatic carbocycles. The van der Waals surface area contributed by atoms with Crippen LogP contribution in [0, 0.1) is 11.8 Å². The highest BCUT2D eigenvalue weighted by Gasteiger charge is 1.94. The van der Waals surface area contributed by atoms with Crippen molar-refractivity contribution >= 4 is 6.29 Å². The summed E-state index contributed by atoms with van der Waals surface area (Å²) in [5, 5.41) is 8.47. The minimum atomic E-state index is 0.269. The Morgan fingerprint density at radius 3 is 1.79 bits per heavy atom. The van der Waals surface area contributed by atoms with Gasteiger partial charge in [0.15, 0.2) is 0 Å². The summed E-state index contributed by atoms with van der Waals surface area (Å²) in [6.45, 7) is 8.56. The Labute approximate surface area is 88.7 Å². The van der Waals surface area contributed by atoms with E-state index < -0.39 is 0 Å². The van der Waals surface area contributed by atoms with E-state index in [2.05, 4.69) is 20.8 Å². The van der Waals surface area contributed by atoms with Crippen molar-refractivity contribution in [1.29, 1.82) is 0 Å². The summed E-state index contributed by atoms with van der Waals surface area (Å²) in [4.78, 5) is 9.89. The lowest BCUT2D eigenvalue weighted by Gasteiger charge is -2.01. The second-order valence-corrected chi connectivity index (χ2v) is 3.98. The molecule has 0 fully saturated rings. The average molecular weight is 202 g/mol. The zero-order valence-electron chi connectivity index (χ0n) is 10.1. The summed E-state index contributed by atoms with van der Waals surface area (Å²) in [6.07, 6.45) is 5.48. The zero-order chi connectivity index (χ0) is 11.4. The third-order valence-electron chi connectivity index (χ3n) is 2.07. The number of aliphatic hydroxyl groups excluding tert-OH is 1. The summed E-state index contributed by atoms with van der Waals surface area (Å²) >= 11 is 0. The van der Waals surface area contributed by atoms with E-state index in [9.17, 15) is 4.79 Å². The third kappa shape index (κ3) is 14.2. The van der Waals surface area contributed by atoms with Crippen LogP contribution in [-0.4, -0.2) is 18.0 Å². The first-order valence-corrected chi connectivity index (χ1v) is 5.68. The molecule has 14 heavy (non-hydrogen) atoms. The van der Waals surface area contributed by atoms with Crippen molar-refractivity contribution in [1.82, 2.24) is 0 Å². The van der Waals surface area contributed by atoms with Crippen LogP contribution in [0.1, 0.15) is 53.4 Å². The average Bonchev–Trinajstić information content (AvgIpc) is 2.19. The molecule has 2 atom stereocenters. The monoisotopic (exact) mass is 202 g/mol. The smallest absolute Gasteiger partial charge is 0.122 e. The maximum atomic E-state index is 9.89. The molecule has 0 heterocycles. The Hall–Kier alpha value is -0.370. The molecule has 2 nitrogen and oxygen atoms in total. The van der Waals surface area contributed by atoms with E-state index in [0.717, 1.165) is 25.5 Å². The molecule has 0 aliphatic rings. The molecule has 0 saturated heterocycles. The largest absolute Gasteiger partial charge is 0.396 e. The summed E-state index contributed by atoms with van der Waals surface area (Å²) in [5.74, 6) is 0.773. The molecule has 1 N–H and O–H groups in total. The van der Waals surface area contributed by atoms with E-state index in [1.807, 2.05) is 6.92 Å². The molecule has 0 amide bonds.